The predicted octanol–water partition coefficient (Wildman–Crippen LogP) is 0.423. The number of nitrogens with one attached hydrogen (secondary N) is 1. The zero-order valence-electron chi connectivity index (χ0n) is 9.37. The molecule has 1 amide bonds. The van der Waals surface area contributed by atoms with E-state index in [9.17, 15) is 9.90 Å². The lowest BCUT2D eigenvalue weighted by Crippen LogP contribution is -2.51. The van der Waals surface area contributed by atoms with Crippen molar-refractivity contribution in [2.45, 2.75) is 58.3 Å². The van der Waals surface area contributed by atoms with Crippen LogP contribution < -0.4 is 5.32 Å². The highest BCUT2D eigenvalue weighted by atomic mass is 16.3. The van der Waals surface area contributed by atoms with Crippen molar-refractivity contribution in [2.75, 3.05) is 0 Å². The molecule has 2 unspecified atom stereocenters. The Balaban J connectivity index is 3.94. The third-order valence-corrected chi connectivity index (χ3v) is 2.30. The van der Waals surface area contributed by atoms with E-state index < -0.39 is 17.7 Å². The van der Waals surface area contributed by atoms with Gasteiger partial charge in [-0.3, -0.25) is 4.79 Å². The molecule has 0 aromatic rings. The maximum Gasteiger partial charge on any atom is 0.220 e. The van der Waals surface area contributed by atoms with Crippen molar-refractivity contribution in [3.05, 3.63) is 0 Å². The molecule has 0 radical (unpaired) electrons. The fourth-order valence-corrected chi connectivity index (χ4v) is 0.866. The number of aliphatic hydroxyl groups is 2. The number of rotatable bonds is 5. The van der Waals surface area contributed by atoms with Gasteiger partial charge in [-0.05, 0) is 34.1 Å². The fourth-order valence-electron chi connectivity index (χ4n) is 0.866. The van der Waals surface area contributed by atoms with Gasteiger partial charge < -0.3 is 15.5 Å². The standard InChI is InChI=1S/C10H21NO3/c1-7(12)5-6-9(14)11-10(3,4)8(2)13/h7-8,12-13H,5-6H2,1-4H3,(H,11,14). The van der Waals surface area contributed by atoms with Crippen LogP contribution in [0.15, 0.2) is 0 Å². The smallest absolute Gasteiger partial charge is 0.220 e. The molecule has 0 aromatic heterocycles. The first-order chi connectivity index (χ1) is 6.25. The molecule has 0 rings (SSSR count). The number of aliphatic hydroxyl groups excluding tert-OH is 2. The third-order valence-electron chi connectivity index (χ3n) is 2.30. The van der Waals surface area contributed by atoms with Crippen molar-refractivity contribution < 1.29 is 15.0 Å². The van der Waals surface area contributed by atoms with E-state index in [4.69, 9.17) is 5.11 Å². The van der Waals surface area contributed by atoms with Gasteiger partial charge in [0.05, 0.1) is 17.7 Å². The number of carbonyl (C=O) groups excluding carboxylic acids is 1. The Hall–Kier alpha value is -0.610. The van der Waals surface area contributed by atoms with Crippen LogP contribution in [0, 0.1) is 0 Å². The second-order valence-electron chi connectivity index (χ2n) is 4.33. The lowest BCUT2D eigenvalue weighted by atomic mass is 9.98. The lowest BCUT2D eigenvalue weighted by molar-refractivity contribution is -0.124. The summed E-state index contributed by atoms with van der Waals surface area (Å²) in [6.07, 6.45) is -0.330. The Morgan fingerprint density at radius 2 is 1.86 bits per heavy atom. The molecule has 4 nitrogen and oxygen atoms in total. The Bertz CT molecular complexity index is 188. The Labute approximate surface area is 85.3 Å². The van der Waals surface area contributed by atoms with Crippen LogP contribution in [-0.4, -0.2) is 33.9 Å². The minimum Gasteiger partial charge on any atom is -0.393 e. The quantitative estimate of drug-likeness (QED) is 0.606. The maximum absolute atomic E-state index is 11.3. The van der Waals surface area contributed by atoms with Gasteiger partial charge in [0, 0.05) is 6.42 Å². The van der Waals surface area contributed by atoms with Crippen LogP contribution in [-0.2, 0) is 4.79 Å². The SMILES string of the molecule is CC(O)CCC(=O)NC(C)(C)C(C)O. The molecule has 14 heavy (non-hydrogen) atoms. The van der Waals surface area contributed by atoms with E-state index in [-0.39, 0.29) is 12.3 Å². The molecule has 0 saturated carbocycles. The van der Waals surface area contributed by atoms with Gasteiger partial charge in [-0.25, -0.2) is 0 Å². The zero-order valence-corrected chi connectivity index (χ0v) is 9.37. The van der Waals surface area contributed by atoms with Crippen LogP contribution in [0.25, 0.3) is 0 Å². The van der Waals surface area contributed by atoms with Crippen LogP contribution in [0.5, 0.6) is 0 Å². The van der Waals surface area contributed by atoms with Gasteiger partial charge in [-0.1, -0.05) is 0 Å². The second kappa shape index (κ2) is 5.32. The summed E-state index contributed by atoms with van der Waals surface area (Å²) < 4.78 is 0. The molecule has 0 aliphatic heterocycles. The minimum atomic E-state index is -0.615. The molecule has 2 atom stereocenters. The van der Waals surface area contributed by atoms with Crippen molar-refractivity contribution in [2.24, 2.45) is 0 Å². The fraction of sp³-hybridized carbons (Fsp3) is 0.900. The highest BCUT2D eigenvalue weighted by Crippen LogP contribution is 2.09. The number of amides is 1. The highest BCUT2D eigenvalue weighted by Gasteiger charge is 2.25. The first-order valence-corrected chi connectivity index (χ1v) is 4.93. The Morgan fingerprint density at radius 1 is 1.36 bits per heavy atom. The van der Waals surface area contributed by atoms with Gasteiger partial charge in [0.25, 0.3) is 0 Å². The normalized spacial score (nSPS) is 16.1. The summed E-state index contributed by atoms with van der Waals surface area (Å²) >= 11 is 0. The van der Waals surface area contributed by atoms with E-state index in [2.05, 4.69) is 5.32 Å². The van der Waals surface area contributed by atoms with E-state index in [1.165, 1.54) is 0 Å². The molecule has 84 valence electrons. The summed E-state index contributed by atoms with van der Waals surface area (Å²) in [5.74, 6) is -0.142. The average Bonchev–Trinajstić information content (AvgIpc) is 1.99. The van der Waals surface area contributed by atoms with E-state index in [0.717, 1.165) is 0 Å². The van der Waals surface area contributed by atoms with Crippen LogP contribution in [0.2, 0.25) is 0 Å². The predicted molar refractivity (Wildman–Crippen MR) is 54.8 cm³/mol. The molecule has 0 saturated heterocycles. The first kappa shape index (κ1) is 13.4. The van der Waals surface area contributed by atoms with E-state index in [1.54, 1.807) is 27.7 Å². The summed E-state index contributed by atoms with van der Waals surface area (Å²) in [5, 5.41) is 21.0. The van der Waals surface area contributed by atoms with Crippen LogP contribution in [0.4, 0.5) is 0 Å². The summed E-state index contributed by atoms with van der Waals surface area (Å²) in [6.45, 7) is 6.80. The molecular formula is C10H21NO3. The highest BCUT2D eigenvalue weighted by molar-refractivity contribution is 5.76. The van der Waals surface area contributed by atoms with Crippen molar-refractivity contribution in [3.8, 4) is 0 Å². The molecule has 0 bridgehead atoms. The van der Waals surface area contributed by atoms with Gasteiger partial charge in [0.2, 0.25) is 5.91 Å². The molecular weight excluding hydrogens is 182 g/mol. The van der Waals surface area contributed by atoms with Gasteiger partial charge in [-0.2, -0.15) is 0 Å². The third kappa shape index (κ3) is 5.19. The molecule has 0 aliphatic carbocycles. The molecule has 0 spiro atoms. The average molecular weight is 203 g/mol. The summed E-state index contributed by atoms with van der Waals surface area (Å²) in [4.78, 5) is 11.3. The van der Waals surface area contributed by atoms with Crippen LogP contribution in [0.3, 0.4) is 0 Å². The molecule has 0 aliphatic rings. The van der Waals surface area contributed by atoms with Crippen molar-refractivity contribution in [1.29, 1.82) is 0 Å². The Kier molecular flexibility index (Phi) is 5.08. The monoisotopic (exact) mass is 203 g/mol. The van der Waals surface area contributed by atoms with Gasteiger partial charge in [0.1, 0.15) is 0 Å². The van der Waals surface area contributed by atoms with Crippen molar-refractivity contribution >= 4 is 5.91 Å². The number of hydrogen-bond donors (Lipinski definition) is 3. The molecule has 4 heteroatoms. The zero-order chi connectivity index (χ0) is 11.4. The van der Waals surface area contributed by atoms with Gasteiger partial charge in [0.15, 0.2) is 0 Å². The largest absolute Gasteiger partial charge is 0.393 e. The lowest BCUT2D eigenvalue weighted by Gasteiger charge is -2.29. The molecule has 0 fully saturated rings. The summed E-state index contributed by atoms with van der Waals surface area (Å²) in [7, 11) is 0. The maximum atomic E-state index is 11.3. The number of carbonyl (C=O) groups is 1. The minimum absolute atomic E-state index is 0.142. The summed E-state index contributed by atoms with van der Waals surface area (Å²) in [6, 6.07) is 0. The molecule has 3 N–H and O–H groups in total. The van der Waals surface area contributed by atoms with Gasteiger partial charge in [-0.15, -0.1) is 0 Å². The summed E-state index contributed by atoms with van der Waals surface area (Å²) in [5.41, 5.74) is -0.615. The van der Waals surface area contributed by atoms with E-state index >= 15 is 0 Å². The van der Waals surface area contributed by atoms with Crippen molar-refractivity contribution in [3.63, 3.8) is 0 Å². The first-order valence-electron chi connectivity index (χ1n) is 4.93. The van der Waals surface area contributed by atoms with E-state index in [0.29, 0.717) is 6.42 Å². The van der Waals surface area contributed by atoms with Crippen molar-refractivity contribution in [1.82, 2.24) is 5.32 Å². The Morgan fingerprint density at radius 3 is 2.21 bits per heavy atom. The molecule has 0 heterocycles. The van der Waals surface area contributed by atoms with Crippen LogP contribution >= 0.6 is 0 Å². The van der Waals surface area contributed by atoms with E-state index in [1.807, 2.05) is 0 Å². The van der Waals surface area contributed by atoms with Crippen LogP contribution in [0.1, 0.15) is 40.5 Å². The topological polar surface area (TPSA) is 69.6 Å². The van der Waals surface area contributed by atoms with Gasteiger partial charge >= 0.3 is 0 Å². The number of hydrogen-bond acceptors (Lipinski definition) is 3. The second-order valence-corrected chi connectivity index (χ2v) is 4.33. The molecule has 0 aromatic carbocycles.